The van der Waals surface area contributed by atoms with E-state index in [1.165, 1.54) is 5.56 Å². The highest BCUT2D eigenvalue weighted by atomic mass is 16.1. The average Bonchev–Trinajstić information content (AvgIpc) is 2.07. The Kier molecular flexibility index (Phi) is 1.61. The average molecular weight is 161 g/mol. The van der Waals surface area contributed by atoms with Crippen LogP contribution in [0.15, 0.2) is 16.9 Å². The van der Waals surface area contributed by atoms with E-state index < -0.39 is 0 Å². The van der Waals surface area contributed by atoms with Crippen molar-refractivity contribution in [1.82, 2.24) is 4.98 Å². The number of hydrogen-bond acceptors (Lipinski definition) is 1. The lowest BCUT2D eigenvalue weighted by molar-refractivity contribution is 0.909. The minimum Gasteiger partial charge on any atom is -0.325 e. The number of nitrogens with one attached hydrogen (secondary N) is 1. The molecule has 62 valence electrons. The van der Waals surface area contributed by atoms with Gasteiger partial charge in [-0.25, -0.2) is 0 Å². The molecule has 0 unspecified atom stereocenters. The monoisotopic (exact) mass is 161 g/mol. The second kappa shape index (κ2) is 2.63. The summed E-state index contributed by atoms with van der Waals surface area (Å²) in [6.07, 6.45) is 6.20. The third-order valence-corrected chi connectivity index (χ3v) is 2.20. The third-order valence-electron chi connectivity index (χ3n) is 2.20. The summed E-state index contributed by atoms with van der Waals surface area (Å²) in [5.41, 5.74) is 3.08. The van der Waals surface area contributed by atoms with Crippen molar-refractivity contribution in [3.8, 4) is 0 Å². The predicted octanol–water partition coefficient (Wildman–Crippen LogP) is 1.64. The standard InChI is InChI=1S/C10H11NO/c1-7-6-8-4-2-3-5-9(8)11-10(7)12/h2,4,6H,3,5H2,1H3,(H,11,12). The molecule has 0 saturated carbocycles. The second-order valence-corrected chi connectivity index (χ2v) is 3.16. The molecule has 1 aliphatic carbocycles. The van der Waals surface area contributed by atoms with Crippen LogP contribution in [0.1, 0.15) is 23.2 Å². The van der Waals surface area contributed by atoms with Crippen LogP contribution < -0.4 is 5.56 Å². The van der Waals surface area contributed by atoms with Crippen molar-refractivity contribution in [3.05, 3.63) is 39.3 Å². The summed E-state index contributed by atoms with van der Waals surface area (Å²) in [6, 6.07) is 1.95. The van der Waals surface area contributed by atoms with Gasteiger partial charge in [-0.05, 0) is 31.4 Å². The number of fused-ring (bicyclic) bond motifs is 1. The van der Waals surface area contributed by atoms with Crippen LogP contribution in [-0.4, -0.2) is 4.98 Å². The number of hydrogen-bond donors (Lipinski definition) is 1. The van der Waals surface area contributed by atoms with Gasteiger partial charge in [0.1, 0.15) is 0 Å². The van der Waals surface area contributed by atoms with Crippen LogP contribution in [0.2, 0.25) is 0 Å². The first kappa shape index (κ1) is 7.35. The fraction of sp³-hybridized carbons (Fsp3) is 0.300. The highest BCUT2D eigenvalue weighted by molar-refractivity contribution is 5.54. The van der Waals surface area contributed by atoms with Gasteiger partial charge in [-0.15, -0.1) is 0 Å². The summed E-state index contributed by atoms with van der Waals surface area (Å²) in [7, 11) is 0. The van der Waals surface area contributed by atoms with Crippen LogP contribution in [0, 0.1) is 6.92 Å². The number of pyridine rings is 1. The third kappa shape index (κ3) is 1.09. The van der Waals surface area contributed by atoms with Gasteiger partial charge >= 0.3 is 0 Å². The van der Waals surface area contributed by atoms with Crippen LogP contribution in [0.4, 0.5) is 0 Å². The number of rotatable bonds is 0. The molecule has 0 fully saturated rings. The van der Waals surface area contributed by atoms with E-state index in [1.54, 1.807) is 0 Å². The normalized spacial score (nSPS) is 14.4. The fourth-order valence-electron chi connectivity index (χ4n) is 1.49. The van der Waals surface area contributed by atoms with Crippen molar-refractivity contribution in [2.45, 2.75) is 19.8 Å². The molecule has 1 aliphatic rings. The lowest BCUT2D eigenvalue weighted by Crippen LogP contribution is -2.14. The molecule has 0 saturated heterocycles. The minimum absolute atomic E-state index is 0.0454. The molecule has 0 spiro atoms. The van der Waals surface area contributed by atoms with Crippen LogP contribution in [-0.2, 0) is 6.42 Å². The molecule has 0 radical (unpaired) electrons. The molecule has 0 bridgehead atoms. The van der Waals surface area contributed by atoms with E-state index in [0.29, 0.717) is 0 Å². The number of aryl methyl sites for hydroxylation is 2. The van der Waals surface area contributed by atoms with Crippen molar-refractivity contribution in [2.24, 2.45) is 0 Å². The first-order valence-electron chi connectivity index (χ1n) is 4.17. The van der Waals surface area contributed by atoms with E-state index in [4.69, 9.17) is 0 Å². The fourth-order valence-corrected chi connectivity index (χ4v) is 1.49. The molecular formula is C10H11NO. The molecule has 1 aromatic heterocycles. The summed E-state index contributed by atoms with van der Waals surface area (Å²) in [4.78, 5) is 14.1. The molecular weight excluding hydrogens is 150 g/mol. The Labute approximate surface area is 70.9 Å². The van der Waals surface area contributed by atoms with E-state index in [1.807, 2.05) is 13.0 Å². The highest BCUT2D eigenvalue weighted by Crippen LogP contribution is 2.15. The summed E-state index contributed by atoms with van der Waals surface area (Å²) >= 11 is 0. The van der Waals surface area contributed by atoms with Crippen molar-refractivity contribution in [2.75, 3.05) is 0 Å². The van der Waals surface area contributed by atoms with Gasteiger partial charge in [0.2, 0.25) is 0 Å². The first-order valence-corrected chi connectivity index (χ1v) is 4.17. The lowest BCUT2D eigenvalue weighted by atomic mass is 10.0. The van der Waals surface area contributed by atoms with Gasteiger partial charge in [0.05, 0.1) is 0 Å². The summed E-state index contributed by atoms with van der Waals surface area (Å²) in [5.74, 6) is 0. The van der Waals surface area contributed by atoms with Crippen molar-refractivity contribution >= 4 is 6.08 Å². The number of aromatic amines is 1. The summed E-state index contributed by atoms with van der Waals surface area (Å²) in [6.45, 7) is 1.83. The number of aromatic nitrogens is 1. The minimum atomic E-state index is 0.0454. The zero-order valence-electron chi connectivity index (χ0n) is 7.05. The number of allylic oxidation sites excluding steroid dienone is 1. The Balaban J connectivity index is 2.66. The van der Waals surface area contributed by atoms with E-state index in [2.05, 4.69) is 17.1 Å². The maximum absolute atomic E-state index is 11.2. The molecule has 1 N–H and O–H groups in total. The largest absolute Gasteiger partial charge is 0.325 e. The molecule has 0 amide bonds. The second-order valence-electron chi connectivity index (χ2n) is 3.16. The number of H-pyrrole nitrogens is 1. The molecule has 0 atom stereocenters. The molecule has 12 heavy (non-hydrogen) atoms. The highest BCUT2D eigenvalue weighted by Gasteiger charge is 2.05. The summed E-state index contributed by atoms with van der Waals surface area (Å²) < 4.78 is 0. The van der Waals surface area contributed by atoms with Crippen molar-refractivity contribution in [3.63, 3.8) is 0 Å². The smallest absolute Gasteiger partial charge is 0.251 e. The Hall–Kier alpha value is -1.31. The zero-order valence-corrected chi connectivity index (χ0v) is 7.05. The van der Waals surface area contributed by atoms with E-state index in [-0.39, 0.29) is 5.56 Å². The Morgan fingerprint density at radius 2 is 2.33 bits per heavy atom. The SMILES string of the molecule is Cc1cc2c([nH]c1=O)CCC=C2. The van der Waals surface area contributed by atoms with Gasteiger partial charge in [0, 0.05) is 11.3 Å². The molecule has 0 aromatic carbocycles. The van der Waals surface area contributed by atoms with E-state index >= 15 is 0 Å². The Morgan fingerprint density at radius 1 is 1.50 bits per heavy atom. The maximum Gasteiger partial charge on any atom is 0.251 e. The van der Waals surface area contributed by atoms with Gasteiger partial charge in [0.25, 0.3) is 5.56 Å². The molecule has 0 aliphatic heterocycles. The molecule has 2 nitrogen and oxygen atoms in total. The molecule has 2 rings (SSSR count). The van der Waals surface area contributed by atoms with Crippen molar-refractivity contribution < 1.29 is 0 Å². The van der Waals surface area contributed by atoms with E-state index in [9.17, 15) is 4.79 Å². The quantitative estimate of drug-likeness (QED) is 0.616. The Morgan fingerprint density at radius 3 is 3.17 bits per heavy atom. The topological polar surface area (TPSA) is 32.9 Å². The van der Waals surface area contributed by atoms with Crippen LogP contribution in [0.3, 0.4) is 0 Å². The van der Waals surface area contributed by atoms with Gasteiger partial charge in [-0.2, -0.15) is 0 Å². The lowest BCUT2D eigenvalue weighted by Gasteiger charge is -2.09. The van der Waals surface area contributed by atoms with Gasteiger partial charge in [-0.1, -0.05) is 12.2 Å². The summed E-state index contributed by atoms with van der Waals surface area (Å²) in [5, 5.41) is 0. The van der Waals surface area contributed by atoms with Gasteiger partial charge in [-0.3, -0.25) is 4.79 Å². The first-order chi connectivity index (χ1) is 5.77. The zero-order chi connectivity index (χ0) is 8.55. The maximum atomic E-state index is 11.2. The molecule has 1 heterocycles. The van der Waals surface area contributed by atoms with Crippen LogP contribution >= 0.6 is 0 Å². The predicted molar refractivity (Wildman–Crippen MR) is 49.2 cm³/mol. The molecule has 1 aromatic rings. The molecule has 2 heteroatoms. The van der Waals surface area contributed by atoms with Crippen LogP contribution in [0.25, 0.3) is 6.08 Å². The van der Waals surface area contributed by atoms with E-state index in [0.717, 1.165) is 24.1 Å². The van der Waals surface area contributed by atoms with Crippen LogP contribution in [0.5, 0.6) is 0 Å². The Bertz CT molecular complexity index is 387. The van der Waals surface area contributed by atoms with Gasteiger partial charge in [0.15, 0.2) is 0 Å². The van der Waals surface area contributed by atoms with Gasteiger partial charge < -0.3 is 4.98 Å². The van der Waals surface area contributed by atoms with Crippen molar-refractivity contribution in [1.29, 1.82) is 0 Å².